The number of hydrogen-bond donors (Lipinski definition) is 1. The second-order valence-corrected chi connectivity index (χ2v) is 6.04. The van der Waals surface area contributed by atoms with Gasteiger partial charge in [-0.25, -0.2) is 13.1 Å². The van der Waals surface area contributed by atoms with Crippen molar-refractivity contribution in [2.45, 2.75) is 44.4 Å². The lowest BCUT2D eigenvalue weighted by atomic mass is 9.99. The molecule has 1 rings (SSSR count). The molecule has 0 saturated carbocycles. The normalized spacial score (nSPS) is 13.6. The van der Waals surface area contributed by atoms with E-state index in [-0.39, 0.29) is 0 Å². The van der Waals surface area contributed by atoms with Crippen LogP contribution in [0.1, 0.15) is 45.1 Å². The van der Waals surface area contributed by atoms with Gasteiger partial charge in [0.2, 0.25) is 10.0 Å². The average molecular weight is 255 g/mol. The summed E-state index contributed by atoms with van der Waals surface area (Å²) in [6.45, 7) is 6.68. The second-order valence-electron chi connectivity index (χ2n) is 4.28. The van der Waals surface area contributed by atoms with E-state index in [2.05, 4.69) is 18.6 Å². The van der Waals surface area contributed by atoms with Crippen molar-refractivity contribution >= 4 is 10.0 Å². The van der Waals surface area contributed by atoms with Crippen molar-refractivity contribution in [3.8, 4) is 0 Å². The van der Waals surface area contributed by atoms with Crippen LogP contribution in [0.3, 0.4) is 0 Å². The second kappa shape index (κ2) is 6.17. The largest absolute Gasteiger partial charge is 0.240 e. The minimum atomic E-state index is -3.32. The van der Waals surface area contributed by atoms with Crippen molar-refractivity contribution < 1.29 is 8.42 Å². The highest BCUT2D eigenvalue weighted by molar-refractivity contribution is 7.89. The molecule has 0 heterocycles. The quantitative estimate of drug-likeness (QED) is 0.849. The van der Waals surface area contributed by atoms with Gasteiger partial charge in [-0.3, -0.25) is 0 Å². The Morgan fingerprint density at radius 1 is 1.18 bits per heavy atom. The number of rotatable bonds is 6. The van der Waals surface area contributed by atoms with Crippen LogP contribution in [0.2, 0.25) is 0 Å². The fourth-order valence-electron chi connectivity index (χ4n) is 1.53. The van der Waals surface area contributed by atoms with Gasteiger partial charge < -0.3 is 0 Å². The summed E-state index contributed by atoms with van der Waals surface area (Å²) in [5, 5.41) is 0. The molecule has 0 aliphatic heterocycles. The van der Waals surface area contributed by atoms with Crippen LogP contribution in [0.15, 0.2) is 29.2 Å². The van der Waals surface area contributed by atoms with Gasteiger partial charge in [0.15, 0.2) is 0 Å². The third-order valence-electron chi connectivity index (χ3n) is 2.91. The van der Waals surface area contributed by atoms with Gasteiger partial charge in [0.1, 0.15) is 0 Å². The van der Waals surface area contributed by atoms with Gasteiger partial charge in [-0.05, 0) is 36.5 Å². The van der Waals surface area contributed by atoms with E-state index in [4.69, 9.17) is 0 Å². The summed E-state index contributed by atoms with van der Waals surface area (Å²) in [6, 6.07) is 7.16. The van der Waals surface area contributed by atoms with Gasteiger partial charge >= 0.3 is 0 Å². The first-order valence-electron chi connectivity index (χ1n) is 6.10. The maximum atomic E-state index is 11.8. The van der Waals surface area contributed by atoms with Crippen molar-refractivity contribution in [2.24, 2.45) is 0 Å². The highest BCUT2D eigenvalue weighted by atomic mass is 32.2. The van der Waals surface area contributed by atoms with Crippen LogP contribution in [0, 0.1) is 0 Å². The van der Waals surface area contributed by atoms with E-state index in [1.54, 1.807) is 12.1 Å². The Kier molecular flexibility index (Phi) is 5.15. The molecule has 3 nitrogen and oxygen atoms in total. The monoisotopic (exact) mass is 255 g/mol. The predicted octanol–water partition coefficient (Wildman–Crippen LogP) is 2.89. The Balaban J connectivity index is 2.87. The lowest BCUT2D eigenvalue weighted by Gasteiger charge is -2.10. The van der Waals surface area contributed by atoms with E-state index >= 15 is 0 Å². The molecule has 1 aromatic carbocycles. The molecule has 0 amide bonds. The summed E-state index contributed by atoms with van der Waals surface area (Å²) in [5.74, 6) is 0.468. The van der Waals surface area contributed by atoms with Gasteiger partial charge in [0.05, 0.1) is 4.90 Å². The van der Waals surface area contributed by atoms with E-state index < -0.39 is 10.0 Å². The van der Waals surface area contributed by atoms with Crippen LogP contribution < -0.4 is 4.72 Å². The zero-order valence-corrected chi connectivity index (χ0v) is 11.5. The summed E-state index contributed by atoms with van der Waals surface area (Å²) >= 11 is 0. The van der Waals surface area contributed by atoms with Crippen molar-refractivity contribution in [1.82, 2.24) is 4.72 Å². The lowest BCUT2D eigenvalue weighted by molar-refractivity contribution is 0.580. The minimum Gasteiger partial charge on any atom is -0.211 e. The minimum absolute atomic E-state index is 0.345. The number of benzene rings is 1. The Morgan fingerprint density at radius 2 is 1.76 bits per heavy atom. The van der Waals surface area contributed by atoms with Crippen LogP contribution in [0.25, 0.3) is 0 Å². The van der Waals surface area contributed by atoms with Crippen LogP contribution in [-0.4, -0.2) is 15.0 Å². The van der Waals surface area contributed by atoms with Crippen LogP contribution in [-0.2, 0) is 10.0 Å². The summed E-state index contributed by atoms with van der Waals surface area (Å²) in [7, 11) is -3.32. The van der Waals surface area contributed by atoms with Crippen molar-refractivity contribution in [2.75, 3.05) is 6.54 Å². The molecule has 4 heteroatoms. The first-order chi connectivity index (χ1) is 8.01. The van der Waals surface area contributed by atoms with Gasteiger partial charge in [-0.1, -0.05) is 32.9 Å². The van der Waals surface area contributed by atoms with Crippen LogP contribution >= 0.6 is 0 Å². The van der Waals surface area contributed by atoms with E-state index in [1.165, 1.54) is 5.56 Å². The average Bonchev–Trinajstić information content (AvgIpc) is 2.35. The van der Waals surface area contributed by atoms with Crippen molar-refractivity contribution in [1.29, 1.82) is 0 Å². The summed E-state index contributed by atoms with van der Waals surface area (Å²) in [5.41, 5.74) is 1.18. The van der Waals surface area contributed by atoms with Gasteiger partial charge in [-0.15, -0.1) is 0 Å². The summed E-state index contributed by atoms with van der Waals surface area (Å²) in [4.78, 5) is 0.345. The molecule has 0 aliphatic rings. The third kappa shape index (κ3) is 3.82. The van der Waals surface area contributed by atoms with E-state index in [1.807, 2.05) is 19.1 Å². The molecule has 0 bridgehead atoms. The summed E-state index contributed by atoms with van der Waals surface area (Å²) in [6.07, 6.45) is 1.85. The predicted molar refractivity (Wildman–Crippen MR) is 70.6 cm³/mol. The molecule has 96 valence electrons. The molecule has 0 radical (unpaired) electrons. The molecule has 17 heavy (non-hydrogen) atoms. The fraction of sp³-hybridized carbons (Fsp3) is 0.538. The first kappa shape index (κ1) is 14.2. The zero-order valence-electron chi connectivity index (χ0n) is 10.7. The molecular weight excluding hydrogens is 234 g/mol. The summed E-state index contributed by atoms with van der Waals surface area (Å²) < 4.78 is 26.2. The maximum absolute atomic E-state index is 11.8. The Labute approximate surface area is 104 Å². The van der Waals surface area contributed by atoms with Crippen LogP contribution in [0.4, 0.5) is 0 Å². The van der Waals surface area contributed by atoms with Crippen LogP contribution in [0.5, 0.6) is 0 Å². The van der Waals surface area contributed by atoms with Crippen molar-refractivity contribution in [3.63, 3.8) is 0 Å². The highest BCUT2D eigenvalue weighted by Gasteiger charge is 2.13. The Hall–Kier alpha value is -0.870. The van der Waals surface area contributed by atoms with E-state index in [0.29, 0.717) is 17.4 Å². The molecular formula is C13H21NO2S. The number of sulfonamides is 1. The smallest absolute Gasteiger partial charge is 0.211 e. The standard InChI is InChI=1S/C13H21NO2S/c1-4-10-14-17(15,16)13-8-6-12(7-9-13)11(3)5-2/h6-9,11,14H,4-5,10H2,1-3H3. The molecule has 1 unspecified atom stereocenters. The van der Waals surface area contributed by atoms with E-state index in [0.717, 1.165) is 12.8 Å². The molecule has 0 aromatic heterocycles. The Morgan fingerprint density at radius 3 is 2.24 bits per heavy atom. The van der Waals surface area contributed by atoms with E-state index in [9.17, 15) is 8.42 Å². The topological polar surface area (TPSA) is 46.2 Å². The Bertz CT molecular complexity index is 437. The van der Waals surface area contributed by atoms with Gasteiger partial charge in [-0.2, -0.15) is 0 Å². The maximum Gasteiger partial charge on any atom is 0.240 e. The van der Waals surface area contributed by atoms with Crippen molar-refractivity contribution in [3.05, 3.63) is 29.8 Å². The molecule has 1 N–H and O–H groups in total. The zero-order chi connectivity index (χ0) is 12.9. The highest BCUT2D eigenvalue weighted by Crippen LogP contribution is 2.20. The molecule has 0 fully saturated rings. The fourth-order valence-corrected chi connectivity index (χ4v) is 2.66. The first-order valence-corrected chi connectivity index (χ1v) is 7.59. The molecule has 0 spiro atoms. The van der Waals surface area contributed by atoms with Gasteiger partial charge in [0.25, 0.3) is 0 Å². The SMILES string of the molecule is CCCNS(=O)(=O)c1ccc(C(C)CC)cc1. The lowest BCUT2D eigenvalue weighted by Crippen LogP contribution is -2.24. The molecule has 0 saturated heterocycles. The molecule has 0 aliphatic carbocycles. The molecule has 1 aromatic rings. The van der Waals surface area contributed by atoms with Gasteiger partial charge in [0, 0.05) is 6.54 Å². The number of nitrogens with one attached hydrogen (secondary N) is 1. The number of hydrogen-bond acceptors (Lipinski definition) is 2. The molecule has 1 atom stereocenters. The third-order valence-corrected chi connectivity index (χ3v) is 4.39.